The normalized spacial score (nSPS) is 33.0. The average molecular weight is 163 g/mol. The van der Waals surface area contributed by atoms with Crippen LogP contribution in [0.1, 0.15) is 6.42 Å². The van der Waals surface area contributed by atoms with Crippen molar-refractivity contribution < 1.29 is 9.59 Å². The molecule has 3 heteroatoms. The van der Waals surface area contributed by atoms with Crippen molar-refractivity contribution in [3.63, 3.8) is 0 Å². The monoisotopic (exact) mass is 163 g/mol. The minimum absolute atomic E-state index is 0.123. The van der Waals surface area contributed by atoms with Gasteiger partial charge in [-0.3, -0.25) is 14.9 Å². The van der Waals surface area contributed by atoms with Gasteiger partial charge in [0.1, 0.15) is 0 Å². The summed E-state index contributed by atoms with van der Waals surface area (Å²) in [6.07, 6.45) is 7.93. The number of fused-ring (bicyclic) bond motifs is 2. The van der Waals surface area contributed by atoms with Crippen LogP contribution in [0.15, 0.2) is 24.3 Å². The molecule has 0 aromatic rings. The Kier molecular flexibility index (Phi) is 1.57. The van der Waals surface area contributed by atoms with E-state index in [1.165, 1.54) is 0 Å². The largest absolute Gasteiger partial charge is 0.295 e. The summed E-state index contributed by atoms with van der Waals surface area (Å²) in [5.41, 5.74) is 0. The third kappa shape index (κ3) is 1.07. The predicted octanol–water partition coefficient (Wildman–Crippen LogP) is 0.391. The summed E-state index contributed by atoms with van der Waals surface area (Å²) in [6.45, 7) is 0. The van der Waals surface area contributed by atoms with Gasteiger partial charge in [-0.2, -0.15) is 0 Å². The van der Waals surface area contributed by atoms with Gasteiger partial charge in [-0.25, -0.2) is 0 Å². The van der Waals surface area contributed by atoms with Gasteiger partial charge in [-0.15, -0.1) is 0 Å². The number of allylic oxidation sites excluding steroid dienone is 2. The molecule has 1 aliphatic heterocycles. The molecule has 3 nitrogen and oxygen atoms in total. The lowest BCUT2D eigenvalue weighted by molar-refractivity contribution is -0.137. The Labute approximate surface area is 70.1 Å². The highest BCUT2D eigenvalue weighted by molar-refractivity contribution is 6.01. The molecular formula is C9H9NO2. The summed E-state index contributed by atoms with van der Waals surface area (Å²) in [4.78, 5) is 22.3. The number of carbonyl (C=O) groups excluding carboxylic acids is 2. The van der Waals surface area contributed by atoms with Gasteiger partial charge in [0.05, 0.1) is 11.8 Å². The Morgan fingerprint density at radius 1 is 1.08 bits per heavy atom. The van der Waals surface area contributed by atoms with Crippen LogP contribution in [0.5, 0.6) is 0 Å². The maximum absolute atomic E-state index is 11.2. The van der Waals surface area contributed by atoms with Crippen LogP contribution in [0.4, 0.5) is 0 Å². The lowest BCUT2D eigenvalue weighted by atomic mass is 9.90. The minimum Gasteiger partial charge on any atom is -0.295 e. The molecule has 1 N–H and O–H groups in total. The molecule has 1 fully saturated rings. The molecule has 1 saturated heterocycles. The molecule has 2 bridgehead atoms. The fourth-order valence-corrected chi connectivity index (χ4v) is 1.52. The van der Waals surface area contributed by atoms with E-state index < -0.39 is 0 Å². The highest BCUT2D eigenvalue weighted by atomic mass is 16.2. The van der Waals surface area contributed by atoms with E-state index in [4.69, 9.17) is 0 Å². The minimum atomic E-state index is -0.170. The van der Waals surface area contributed by atoms with Crippen LogP contribution in [-0.2, 0) is 9.59 Å². The molecule has 0 aromatic carbocycles. The second kappa shape index (κ2) is 2.59. The first kappa shape index (κ1) is 7.28. The van der Waals surface area contributed by atoms with Gasteiger partial charge in [0.15, 0.2) is 0 Å². The van der Waals surface area contributed by atoms with Gasteiger partial charge in [0, 0.05) is 0 Å². The molecule has 2 amide bonds. The molecular weight excluding hydrogens is 154 g/mol. The standard InChI is InChI=1S/C9H9NO2/c11-8-6-3-1-2-4-7(5-6)9(12)10-8/h1-4,6-7H,5H2,(H,10,11,12). The lowest BCUT2D eigenvalue weighted by Gasteiger charge is -2.22. The van der Waals surface area contributed by atoms with Crippen LogP contribution < -0.4 is 5.32 Å². The van der Waals surface area contributed by atoms with Crippen molar-refractivity contribution in [2.75, 3.05) is 0 Å². The fourth-order valence-electron chi connectivity index (χ4n) is 1.52. The van der Waals surface area contributed by atoms with Gasteiger partial charge in [0.25, 0.3) is 0 Å². The molecule has 1 heterocycles. The van der Waals surface area contributed by atoms with Crippen molar-refractivity contribution in [3.05, 3.63) is 24.3 Å². The number of carbonyl (C=O) groups is 2. The number of imide groups is 1. The second-order valence-electron chi connectivity index (χ2n) is 3.07. The highest BCUT2D eigenvalue weighted by Gasteiger charge is 2.32. The van der Waals surface area contributed by atoms with Crippen LogP contribution >= 0.6 is 0 Å². The Morgan fingerprint density at radius 2 is 1.58 bits per heavy atom. The molecule has 2 unspecified atom stereocenters. The molecule has 1 aliphatic carbocycles. The summed E-state index contributed by atoms with van der Waals surface area (Å²) in [5.74, 6) is -0.585. The fraction of sp³-hybridized carbons (Fsp3) is 0.333. The summed E-state index contributed by atoms with van der Waals surface area (Å²) >= 11 is 0. The average Bonchev–Trinajstić information content (AvgIpc) is 2.24. The number of hydrogen-bond acceptors (Lipinski definition) is 2. The van der Waals surface area contributed by atoms with E-state index in [-0.39, 0.29) is 23.7 Å². The summed E-state index contributed by atoms with van der Waals surface area (Å²) < 4.78 is 0. The third-order valence-corrected chi connectivity index (χ3v) is 2.23. The molecule has 0 saturated carbocycles. The number of nitrogens with one attached hydrogen (secondary N) is 1. The number of amides is 2. The molecule has 2 atom stereocenters. The van der Waals surface area contributed by atoms with Crippen molar-refractivity contribution in [3.8, 4) is 0 Å². The molecule has 0 radical (unpaired) electrons. The van der Waals surface area contributed by atoms with E-state index >= 15 is 0 Å². The Balaban J connectivity index is 2.31. The SMILES string of the molecule is O=C1NC(=O)C2C=CC=CC1C2. The summed E-state index contributed by atoms with van der Waals surface area (Å²) in [5, 5.41) is 2.34. The first-order chi connectivity index (χ1) is 5.77. The van der Waals surface area contributed by atoms with Gasteiger partial charge in [0.2, 0.25) is 11.8 Å². The molecule has 62 valence electrons. The molecule has 2 rings (SSSR count). The number of hydrogen-bond donors (Lipinski definition) is 1. The van der Waals surface area contributed by atoms with E-state index in [9.17, 15) is 9.59 Å². The first-order valence-corrected chi connectivity index (χ1v) is 3.97. The van der Waals surface area contributed by atoms with Crippen molar-refractivity contribution in [1.82, 2.24) is 5.32 Å². The van der Waals surface area contributed by atoms with Gasteiger partial charge < -0.3 is 0 Å². The Bertz CT molecular complexity index is 263. The Morgan fingerprint density at radius 3 is 2.08 bits per heavy atom. The van der Waals surface area contributed by atoms with E-state index in [2.05, 4.69) is 5.32 Å². The maximum Gasteiger partial charge on any atom is 0.233 e. The number of rotatable bonds is 0. The van der Waals surface area contributed by atoms with Crippen LogP contribution in [0, 0.1) is 11.8 Å². The van der Waals surface area contributed by atoms with E-state index in [0.717, 1.165) is 0 Å². The third-order valence-electron chi connectivity index (χ3n) is 2.23. The van der Waals surface area contributed by atoms with Crippen LogP contribution in [0.3, 0.4) is 0 Å². The summed E-state index contributed by atoms with van der Waals surface area (Å²) in [6, 6.07) is 0. The molecule has 0 aromatic heterocycles. The molecule has 0 spiro atoms. The van der Waals surface area contributed by atoms with Crippen molar-refractivity contribution in [1.29, 1.82) is 0 Å². The molecule has 12 heavy (non-hydrogen) atoms. The maximum atomic E-state index is 11.2. The summed E-state index contributed by atoms with van der Waals surface area (Å²) in [7, 11) is 0. The van der Waals surface area contributed by atoms with E-state index in [1.54, 1.807) is 0 Å². The van der Waals surface area contributed by atoms with Crippen LogP contribution in [0.25, 0.3) is 0 Å². The van der Waals surface area contributed by atoms with Crippen molar-refractivity contribution in [2.24, 2.45) is 11.8 Å². The number of piperidine rings is 1. The zero-order chi connectivity index (χ0) is 8.55. The van der Waals surface area contributed by atoms with Gasteiger partial charge in [-0.1, -0.05) is 24.3 Å². The lowest BCUT2D eigenvalue weighted by Crippen LogP contribution is -2.44. The topological polar surface area (TPSA) is 46.2 Å². The van der Waals surface area contributed by atoms with Crippen LogP contribution in [-0.4, -0.2) is 11.8 Å². The van der Waals surface area contributed by atoms with Crippen molar-refractivity contribution >= 4 is 11.8 Å². The quantitative estimate of drug-likeness (QED) is 0.525. The van der Waals surface area contributed by atoms with Gasteiger partial charge in [-0.05, 0) is 6.42 Å². The second-order valence-corrected chi connectivity index (χ2v) is 3.07. The zero-order valence-electron chi connectivity index (χ0n) is 6.49. The molecule has 2 aliphatic rings. The van der Waals surface area contributed by atoms with E-state index in [1.807, 2.05) is 24.3 Å². The van der Waals surface area contributed by atoms with Gasteiger partial charge >= 0.3 is 0 Å². The Hall–Kier alpha value is -1.38. The van der Waals surface area contributed by atoms with E-state index in [0.29, 0.717) is 6.42 Å². The predicted molar refractivity (Wildman–Crippen MR) is 43.0 cm³/mol. The van der Waals surface area contributed by atoms with Crippen molar-refractivity contribution in [2.45, 2.75) is 6.42 Å². The van der Waals surface area contributed by atoms with Crippen LogP contribution in [0.2, 0.25) is 0 Å². The zero-order valence-corrected chi connectivity index (χ0v) is 6.49. The first-order valence-electron chi connectivity index (χ1n) is 3.97. The smallest absolute Gasteiger partial charge is 0.233 e. The highest BCUT2D eigenvalue weighted by Crippen LogP contribution is 2.22.